The summed E-state index contributed by atoms with van der Waals surface area (Å²) in [6.07, 6.45) is 1.63. The second kappa shape index (κ2) is 7.28. The van der Waals surface area contributed by atoms with Crippen LogP contribution in [0.4, 0.5) is 11.5 Å². The molecule has 9 heteroatoms. The number of carbonyl (C=O) groups is 2. The first-order valence-electron chi connectivity index (χ1n) is 8.59. The Labute approximate surface area is 164 Å². The van der Waals surface area contributed by atoms with Crippen molar-refractivity contribution in [3.8, 4) is 6.07 Å². The lowest BCUT2D eigenvalue weighted by molar-refractivity contribution is 0.101. The molecule has 4 rings (SSSR count). The second-order valence-electron chi connectivity index (χ2n) is 6.13. The van der Waals surface area contributed by atoms with E-state index in [2.05, 4.69) is 20.8 Å². The zero-order valence-electron chi connectivity index (χ0n) is 15.2. The van der Waals surface area contributed by atoms with Crippen LogP contribution >= 0.6 is 0 Å². The fourth-order valence-electron chi connectivity index (χ4n) is 2.83. The average Bonchev–Trinajstić information content (AvgIpc) is 3.32. The largest absolute Gasteiger partial charge is 0.360 e. The van der Waals surface area contributed by atoms with Gasteiger partial charge in [-0.05, 0) is 31.2 Å². The standard InChI is InChI=1S/C20H14N6O3/c1-12-10-16(25-29-12)23-20(28)18-24-17(15-8-4-5-9-26(15)18)19(27)22-14-7-3-2-6-13(14)11-21/h2-10H,1H3,(H,22,27)(H,23,25,28). The minimum Gasteiger partial charge on any atom is -0.360 e. The Hall–Kier alpha value is -4.45. The number of fused-ring (bicyclic) bond motifs is 1. The van der Waals surface area contributed by atoms with Crippen LogP contribution in [0.3, 0.4) is 0 Å². The van der Waals surface area contributed by atoms with E-state index < -0.39 is 11.8 Å². The third-order valence-electron chi connectivity index (χ3n) is 4.13. The highest BCUT2D eigenvalue weighted by atomic mass is 16.5. The number of hydrogen-bond donors (Lipinski definition) is 2. The lowest BCUT2D eigenvalue weighted by Gasteiger charge is -2.05. The van der Waals surface area contributed by atoms with E-state index in [0.717, 1.165) is 0 Å². The van der Waals surface area contributed by atoms with Crippen molar-refractivity contribution < 1.29 is 14.1 Å². The summed E-state index contributed by atoms with van der Waals surface area (Å²) in [4.78, 5) is 29.8. The number of nitriles is 1. The molecule has 0 aliphatic rings. The maximum absolute atomic E-state index is 12.8. The summed E-state index contributed by atoms with van der Waals surface area (Å²) >= 11 is 0. The molecule has 0 fully saturated rings. The Balaban J connectivity index is 1.69. The molecule has 3 aromatic heterocycles. The quantitative estimate of drug-likeness (QED) is 0.555. The molecule has 0 saturated carbocycles. The van der Waals surface area contributed by atoms with Gasteiger partial charge in [-0.25, -0.2) is 4.98 Å². The number of aryl methyl sites for hydroxylation is 1. The van der Waals surface area contributed by atoms with Crippen LogP contribution in [-0.2, 0) is 0 Å². The Morgan fingerprint density at radius 2 is 1.90 bits per heavy atom. The van der Waals surface area contributed by atoms with Gasteiger partial charge in [0.2, 0.25) is 5.82 Å². The molecule has 0 radical (unpaired) electrons. The fourth-order valence-corrected chi connectivity index (χ4v) is 2.83. The lowest BCUT2D eigenvalue weighted by Crippen LogP contribution is -2.17. The van der Waals surface area contributed by atoms with Crippen molar-refractivity contribution in [3.63, 3.8) is 0 Å². The number of para-hydroxylation sites is 1. The molecule has 3 heterocycles. The monoisotopic (exact) mass is 386 g/mol. The van der Waals surface area contributed by atoms with Gasteiger partial charge in [0.25, 0.3) is 11.8 Å². The van der Waals surface area contributed by atoms with Crippen molar-refractivity contribution >= 4 is 28.8 Å². The highest BCUT2D eigenvalue weighted by molar-refractivity contribution is 6.10. The second-order valence-corrected chi connectivity index (χ2v) is 6.13. The van der Waals surface area contributed by atoms with E-state index in [1.807, 2.05) is 6.07 Å². The van der Waals surface area contributed by atoms with Crippen LogP contribution in [0, 0.1) is 18.3 Å². The van der Waals surface area contributed by atoms with E-state index in [4.69, 9.17) is 4.52 Å². The highest BCUT2D eigenvalue weighted by Crippen LogP contribution is 2.19. The molecule has 0 saturated heterocycles. The Bertz CT molecular complexity index is 1280. The number of rotatable bonds is 4. The minimum atomic E-state index is -0.545. The van der Waals surface area contributed by atoms with Crippen molar-refractivity contribution in [2.24, 2.45) is 0 Å². The molecular formula is C20H14N6O3. The highest BCUT2D eigenvalue weighted by Gasteiger charge is 2.22. The van der Waals surface area contributed by atoms with Crippen LogP contribution < -0.4 is 10.6 Å². The number of benzene rings is 1. The van der Waals surface area contributed by atoms with Crippen LogP contribution in [0.25, 0.3) is 5.52 Å². The molecule has 2 amide bonds. The van der Waals surface area contributed by atoms with Gasteiger partial charge in [-0.3, -0.25) is 14.0 Å². The summed E-state index contributed by atoms with van der Waals surface area (Å²) in [6.45, 7) is 1.70. The smallest absolute Gasteiger partial charge is 0.293 e. The Morgan fingerprint density at radius 1 is 1.10 bits per heavy atom. The van der Waals surface area contributed by atoms with Crippen molar-refractivity contribution in [3.05, 3.63) is 77.6 Å². The molecule has 2 N–H and O–H groups in total. The number of hydrogen-bond acceptors (Lipinski definition) is 6. The molecule has 0 unspecified atom stereocenters. The summed E-state index contributed by atoms with van der Waals surface area (Å²) in [5, 5.41) is 18.2. The third kappa shape index (κ3) is 3.42. The topological polar surface area (TPSA) is 125 Å². The molecule has 0 spiro atoms. The number of nitrogens with zero attached hydrogens (tertiary/aromatic N) is 4. The van der Waals surface area contributed by atoms with E-state index in [0.29, 0.717) is 22.5 Å². The lowest BCUT2D eigenvalue weighted by atomic mass is 10.2. The zero-order chi connectivity index (χ0) is 20.4. The van der Waals surface area contributed by atoms with E-state index in [-0.39, 0.29) is 17.3 Å². The number of anilines is 2. The van der Waals surface area contributed by atoms with Crippen LogP contribution in [-0.4, -0.2) is 26.4 Å². The van der Waals surface area contributed by atoms with E-state index in [1.54, 1.807) is 61.7 Å². The molecule has 1 aromatic carbocycles. The first-order chi connectivity index (χ1) is 14.1. The summed E-state index contributed by atoms with van der Waals surface area (Å²) in [6, 6.07) is 15.4. The van der Waals surface area contributed by atoms with Gasteiger partial charge >= 0.3 is 0 Å². The first-order valence-corrected chi connectivity index (χ1v) is 8.59. The van der Waals surface area contributed by atoms with E-state index in [1.165, 1.54) is 4.40 Å². The summed E-state index contributed by atoms with van der Waals surface area (Å²) in [7, 11) is 0. The van der Waals surface area contributed by atoms with E-state index in [9.17, 15) is 14.9 Å². The summed E-state index contributed by atoms with van der Waals surface area (Å²) < 4.78 is 6.45. The third-order valence-corrected chi connectivity index (χ3v) is 4.13. The van der Waals surface area contributed by atoms with Crippen LogP contribution in [0.2, 0.25) is 0 Å². The predicted octanol–water partition coefficient (Wildman–Crippen LogP) is 3.01. The number of pyridine rings is 1. The van der Waals surface area contributed by atoms with Gasteiger partial charge in [0.1, 0.15) is 11.8 Å². The fraction of sp³-hybridized carbons (Fsp3) is 0.0500. The zero-order valence-corrected chi connectivity index (χ0v) is 15.2. The molecule has 0 aliphatic heterocycles. The number of imidazole rings is 1. The normalized spacial score (nSPS) is 10.5. The molecule has 0 aliphatic carbocycles. The predicted molar refractivity (Wildman–Crippen MR) is 103 cm³/mol. The van der Waals surface area contributed by atoms with Crippen LogP contribution in [0.5, 0.6) is 0 Å². The van der Waals surface area contributed by atoms with E-state index >= 15 is 0 Å². The Morgan fingerprint density at radius 3 is 2.66 bits per heavy atom. The molecule has 0 bridgehead atoms. The van der Waals surface area contributed by atoms with Gasteiger partial charge in [0, 0.05) is 12.3 Å². The minimum absolute atomic E-state index is 0.0139. The van der Waals surface area contributed by atoms with Gasteiger partial charge in [0.05, 0.1) is 16.8 Å². The van der Waals surface area contributed by atoms with Crippen molar-refractivity contribution in [2.45, 2.75) is 6.92 Å². The molecule has 9 nitrogen and oxygen atoms in total. The van der Waals surface area contributed by atoms with Crippen molar-refractivity contribution in [1.82, 2.24) is 14.5 Å². The average molecular weight is 386 g/mol. The SMILES string of the molecule is Cc1cc(NC(=O)c2nc(C(=O)Nc3ccccc3C#N)c3ccccn23)no1. The Kier molecular flexibility index (Phi) is 4.50. The molecular weight excluding hydrogens is 372 g/mol. The number of carbonyl (C=O) groups excluding carboxylic acids is 2. The van der Waals surface area contributed by atoms with Crippen molar-refractivity contribution in [1.29, 1.82) is 5.26 Å². The molecule has 142 valence electrons. The molecule has 4 aromatic rings. The van der Waals surface area contributed by atoms with Crippen molar-refractivity contribution in [2.75, 3.05) is 10.6 Å². The first kappa shape index (κ1) is 17.9. The summed E-state index contributed by atoms with van der Waals surface area (Å²) in [5.74, 6) is -0.276. The van der Waals surface area contributed by atoms with Gasteiger partial charge in [-0.2, -0.15) is 5.26 Å². The van der Waals surface area contributed by atoms with Gasteiger partial charge in [0.15, 0.2) is 11.5 Å². The van der Waals surface area contributed by atoms with Crippen LogP contribution in [0.15, 0.2) is 59.3 Å². The molecule has 0 atom stereocenters. The maximum atomic E-state index is 12.8. The maximum Gasteiger partial charge on any atom is 0.293 e. The van der Waals surface area contributed by atoms with Gasteiger partial charge < -0.3 is 15.2 Å². The summed E-state index contributed by atoms with van der Waals surface area (Å²) in [5.41, 5.74) is 1.19. The number of nitrogens with one attached hydrogen (secondary N) is 2. The number of amides is 2. The number of aromatic nitrogens is 3. The van der Waals surface area contributed by atoms with Gasteiger partial charge in [-0.15, -0.1) is 0 Å². The molecule has 29 heavy (non-hydrogen) atoms. The van der Waals surface area contributed by atoms with Crippen LogP contribution in [0.1, 0.15) is 32.4 Å². The van der Waals surface area contributed by atoms with Gasteiger partial charge in [-0.1, -0.05) is 23.4 Å².